The number of aryl methyl sites for hydroxylation is 1. The van der Waals surface area contributed by atoms with Gasteiger partial charge in [0.25, 0.3) is 0 Å². The molecule has 0 atom stereocenters. The van der Waals surface area contributed by atoms with Gasteiger partial charge in [-0.05, 0) is 37.3 Å². The summed E-state index contributed by atoms with van der Waals surface area (Å²) in [6, 6.07) is 5.34. The summed E-state index contributed by atoms with van der Waals surface area (Å²) in [6.07, 6.45) is 7.84. The number of carboxylic acid groups (broad SMARTS) is 1. The van der Waals surface area contributed by atoms with Crippen LogP contribution in [0.4, 0.5) is 5.69 Å². The van der Waals surface area contributed by atoms with Crippen LogP contribution >= 0.6 is 0 Å². The van der Waals surface area contributed by atoms with Crippen LogP contribution in [0.1, 0.15) is 28.8 Å². The Labute approximate surface area is 107 Å². The number of hydrogen-bond acceptors (Lipinski definition) is 2. The van der Waals surface area contributed by atoms with Crippen molar-refractivity contribution in [3.63, 3.8) is 0 Å². The molecular weight excluding hydrogens is 226 g/mol. The molecule has 0 bridgehead atoms. The number of rotatable bonds is 5. The van der Waals surface area contributed by atoms with Crippen molar-refractivity contribution in [1.29, 1.82) is 0 Å². The second-order valence-electron chi connectivity index (χ2n) is 4.80. The summed E-state index contributed by atoms with van der Waals surface area (Å²) in [4.78, 5) is 13.3. The molecule has 0 heterocycles. The normalized spacial score (nSPS) is 14.0. The maximum Gasteiger partial charge on any atom is 0.337 e. The van der Waals surface area contributed by atoms with Crippen LogP contribution in [0, 0.1) is 25.2 Å². The first kappa shape index (κ1) is 12.5. The van der Waals surface area contributed by atoms with Crippen LogP contribution in [-0.4, -0.2) is 24.2 Å². The molecular formula is C15H17NO2. The molecule has 18 heavy (non-hydrogen) atoms. The molecule has 1 aromatic rings. The van der Waals surface area contributed by atoms with E-state index in [1.54, 1.807) is 12.1 Å². The molecule has 3 heteroatoms. The fraction of sp³-hybridized carbons (Fsp3) is 0.400. The quantitative estimate of drug-likeness (QED) is 0.808. The summed E-state index contributed by atoms with van der Waals surface area (Å²) in [5.41, 5.74) is 2.08. The Morgan fingerprint density at radius 1 is 1.56 bits per heavy atom. The molecule has 3 nitrogen and oxygen atoms in total. The summed E-state index contributed by atoms with van der Waals surface area (Å²) < 4.78 is 0. The van der Waals surface area contributed by atoms with E-state index in [-0.39, 0.29) is 0 Å². The van der Waals surface area contributed by atoms with Crippen LogP contribution in [0.3, 0.4) is 0 Å². The first-order chi connectivity index (χ1) is 8.63. The number of para-hydroxylation sites is 1. The molecule has 1 aliphatic rings. The van der Waals surface area contributed by atoms with E-state index in [9.17, 15) is 9.90 Å². The monoisotopic (exact) mass is 243 g/mol. The molecule has 0 radical (unpaired) electrons. The molecule has 0 aromatic heterocycles. The lowest BCUT2D eigenvalue weighted by Gasteiger charge is -2.26. The second-order valence-corrected chi connectivity index (χ2v) is 4.80. The van der Waals surface area contributed by atoms with E-state index in [0.717, 1.165) is 17.8 Å². The summed E-state index contributed by atoms with van der Waals surface area (Å²) >= 11 is 0. The van der Waals surface area contributed by atoms with Gasteiger partial charge in [-0.2, -0.15) is 0 Å². The lowest BCUT2D eigenvalue weighted by Crippen LogP contribution is -2.28. The lowest BCUT2D eigenvalue weighted by molar-refractivity contribution is 0.0697. The van der Waals surface area contributed by atoms with Gasteiger partial charge in [0.2, 0.25) is 0 Å². The highest BCUT2D eigenvalue weighted by molar-refractivity contribution is 5.95. The zero-order chi connectivity index (χ0) is 13.1. The lowest BCUT2D eigenvalue weighted by atomic mass is 10.1. The first-order valence-electron chi connectivity index (χ1n) is 6.14. The Balaban J connectivity index is 2.38. The Bertz CT molecular complexity index is 498. The summed E-state index contributed by atoms with van der Waals surface area (Å²) in [6.45, 7) is 3.25. The van der Waals surface area contributed by atoms with Gasteiger partial charge in [-0.1, -0.05) is 18.1 Å². The highest BCUT2D eigenvalue weighted by Crippen LogP contribution is 2.33. The van der Waals surface area contributed by atoms with E-state index < -0.39 is 5.97 Å². The predicted molar refractivity (Wildman–Crippen MR) is 71.9 cm³/mol. The van der Waals surface area contributed by atoms with Gasteiger partial charge in [-0.3, -0.25) is 0 Å². The van der Waals surface area contributed by atoms with Crippen molar-refractivity contribution in [3.8, 4) is 12.3 Å². The zero-order valence-corrected chi connectivity index (χ0v) is 10.5. The van der Waals surface area contributed by atoms with Crippen molar-refractivity contribution in [2.75, 3.05) is 18.0 Å². The molecule has 0 amide bonds. The Morgan fingerprint density at radius 3 is 2.83 bits per heavy atom. The maximum atomic E-state index is 11.3. The van der Waals surface area contributed by atoms with Gasteiger partial charge in [-0.25, -0.2) is 4.79 Å². The van der Waals surface area contributed by atoms with Crippen LogP contribution < -0.4 is 4.90 Å². The maximum absolute atomic E-state index is 11.3. The Morgan fingerprint density at radius 2 is 2.28 bits per heavy atom. The largest absolute Gasteiger partial charge is 0.478 e. The van der Waals surface area contributed by atoms with Gasteiger partial charge in [0.15, 0.2) is 0 Å². The number of aromatic carboxylic acids is 1. The molecule has 0 aliphatic heterocycles. The molecule has 1 N–H and O–H groups in total. The van der Waals surface area contributed by atoms with E-state index in [1.165, 1.54) is 12.8 Å². The summed E-state index contributed by atoms with van der Waals surface area (Å²) in [5, 5.41) is 9.28. The number of benzene rings is 1. The van der Waals surface area contributed by atoms with E-state index in [1.807, 2.05) is 17.9 Å². The van der Waals surface area contributed by atoms with Gasteiger partial charge < -0.3 is 10.0 Å². The van der Waals surface area contributed by atoms with Crippen molar-refractivity contribution in [2.45, 2.75) is 19.8 Å². The number of carbonyl (C=O) groups is 1. The Kier molecular flexibility index (Phi) is 3.57. The standard InChI is InChI=1S/C15H17NO2/c1-3-9-16(10-12-7-8-12)14-11(2)5-4-6-13(14)15(17)18/h1,4-6,12H,7-10H2,2H3,(H,17,18). The van der Waals surface area contributed by atoms with Crippen molar-refractivity contribution in [2.24, 2.45) is 5.92 Å². The van der Waals surface area contributed by atoms with E-state index in [0.29, 0.717) is 18.0 Å². The van der Waals surface area contributed by atoms with Crippen molar-refractivity contribution in [1.82, 2.24) is 0 Å². The van der Waals surface area contributed by atoms with Crippen LogP contribution in [0.5, 0.6) is 0 Å². The number of terminal acetylenes is 1. The van der Waals surface area contributed by atoms with Gasteiger partial charge in [0, 0.05) is 6.54 Å². The zero-order valence-electron chi connectivity index (χ0n) is 10.5. The average Bonchev–Trinajstić information content (AvgIpc) is 3.12. The van der Waals surface area contributed by atoms with Crippen LogP contribution in [0.25, 0.3) is 0 Å². The van der Waals surface area contributed by atoms with Gasteiger partial charge in [0.05, 0.1) is 17.8 Å². The van der Waals surface area contributed by atoms with E-state index in [2.05, 4.69) is 5.92 Å². The minimum absolute atomic E-state index is 0.339. The number of hydrogen-bond donors (Lipinski definition) is 1. The van der Waals surface area contributed by atoms with E-state index in [4.69, 9.17) is 6.42 Å². The highest BCUT2D eigenvalue weighted by atomic mass is 16.4. The van der Waals surface area contributed by atoms with Crippen molar-refractivity contribution < 1.29 is 9.90 Å². The molecule has 1 saturated carbocycles. The van der Waals surface area contributed by atoms with E-state index >= 15 is 0 Å². The third kappa shape index (κ3) is 2.65. The van der Waals surface area contributed by atoms with Crippen molar-refractivity contribution >= 4 is 11.7 Å². The molecule has 1 aliphatic carbocycles. The van der Waals surface area contributed by atoms with Crippen LogP contribution in [0.2, 0.25) is 0 Å². The molecule has 1 fully saturated rings. The molecule has 94 valence electrons. The van der Waals surface area contributed by atoms with Crippen molar-refractivity contribution in [3.05, 3.63) is 29.3 Å². The summed E-state index contributed by atoms with van der Waals surface area (Å²) in [7, 11) is 0. The number of nitrogens with zero attached hydrogens (tertiary/aromatic N) is 1. The first-order valence-corrected chi connectivity index (χ1v) is 6.14. The minimum Gasteiger partial charge on any atom is -0.478 e. The van der Waals surface area contributed by atoms with Gasteiger partial charge in [0.1, 0.15) is 0 Å². The van der Waals surface area contributed by atoms with Crippen LogP contribution in [0.15, 0.2) is 18.2 Å². The predicted octanol–water partition coefficient (Wildman–Crippen LogP) is 2.54. The topological polar surface area (TPSA) is 40.5 Å². The fourth-order valence-corrected chi connectivity index (χ4v) is 2.21. The summed E-state index contributed by atoms with van der Waals surface area (Å²) in [5.74, 6) is 2.40. The molecule has 1 aromatic carbocycles. The average molecular weight is 243 g/mol. The smallest absolute Gasteiger partial charge is 0.337 e. The number of anilines is 1. The SMILES string of the molecule is C#CCN(CC1CC1)c1c(C)cccc1C(=O)O. The number of carboxylic acids is 1. The van der Waals surface area contributed by atoms with Crippen LogP contribution in [-0.2, 0) is 0 Å². The fourth-order valence-electron chi connectivity index (χ4n) is 2.21. The van der Waals surface area contributed by atoms with Gasteiger partial charge in [-0.15, -0.1) is 6.42 Å². The second kappa shape index (κ2) is 5.14. The third-order valence-corrected chi connectivity index (χ3v) is 3.24. The van der Waals surface area contributed by atoms with Gasteiger partial charge >= 0.3 is 5.97 Å². The molecule has 0 unspecified atom stereocenters. The highest BCUT2D eigenvalue weighted by Gasteiger charge is 2.26. The minimum atomic E-state index is -0.897. The molecule has 0 spiro atoms. The Hall–Kier alpha value is -1.95. The third-order valence-electron chi connectivity index (χ3n) is 3.24. The molecule has 2 rings (SSSR count). The molecule has 0 saturated heterocycles.